The van der Waals surface area contributed by atoms with E-state index in [-0.39, 0.29) is 12.1 Å². The fourth-order valence-electron chi connectivity index (χ4n) is 2.07. The topological polar surface area (TPSA) is 61.8 Å². The number of hydrogen-bond acceptors (Lipinski definition) is 5. The van der Waals surface area contributed by atoms with Crippen molar-refractivity contribution in [2.24, 2.45) is 5.41 Å². The molecule has 1 unspecified atom stereocenters. The van der Waals surface area contributed by atoms with Crippen LogP contribution in [-0.4, -0.2) is 30.4 Å². The lowest BCUT2D eigenvalue weighted by Gasteiger charge is -2.29. The van der Waals surface area contributed by atoms with Crippen molar-refractivity contribution in [3.05, 3.63) is 0 Å². The van der Waals surface area contributed by atoms with Crippen molar-refractivity contribution in [3.8, 4) is 0 Å². The number of hydrogen-bond donors (Lipinski definition) is 0. The van der Waals surface area contributed by atoms with Gasteiger partial charge in [0.05, 0.1) is 11.5 Å². The maximum Gasteiger partial charge on any atom is 0.304 e. The molecule has 1 aliphatic rings. The zero-order valence-corrected chi connectivity index (χ0v) is 11.0. The smallest absolute Gasteiger partial charge is 0.304 e. The minimum atomic E-state index is -0.672. The summed E-state index contributed by atoms with van der Waals surface area (Å²) in [5.41, 5.74) is -0.544. The predicted octanol–water partition coefficient (Wildman–Crippen LogP) is 1.64. The van der Waals surface area contributed by atoms with E-state index in [9.17, 15) is 9.59 Å². The fraction of sp³-hybridized carbons (Fsp3) is 0.833. The highest BCUT2D eigenvalue weighted by Crippen LogP contribution is 2.42. The molecule has 1 heterocycles. The molecule has 1 fully saturated rings. The quantitative estimate of drug-likeness (QED) is 0.706. The number of rotatable bonds is 3. The zero-order chi connectivity index (χ0) is 13.2. The Morgan fingerprint density at radius 1 is 1.18 bits per heavy atom. The first-order valence-electron chi connectivity index (χ1n) is 5.79. The van der Waals surface area contributed by atoms with Gasteiger partial charge in [-0.25, -0.2) is 0 Å². The molecule has 1 aliphatic heterocycles. The van der Waals surface area contributed by atoms with E-state index in [4.69, 9.17) is 14.2 Å². The lowest BCUT2D eigenvalue weighted by atomic mass is 9.85. The average molecular weight is 244 g/mol. The van der Waals surface area contributed by atoms with Gasteiger partial charge in [0.15, 0.2) is 0 Å². The number of carbonyl (C=O) groups excluding carboxylic acids is 2. The normalized spacial score (nSPS) is 31.0. The maximum absolute atomic E-state index is 11.1. The molecule has 17 heavy (non-hydrogen) atoms. The summed E-state index contributed by atoms with van der Waals surface area (Å²) >= 11 is 0. The van der Waals surface area contributed by atoms with Gasteiger partial charge >= 0.3 is 11.9 Å². The molecule has 0 N–H and O–H groups in total. The Morgan fingerprint density at radius 3 is 2.12 bits per heavy atom. The Kier molecular flexibility index (Phi) is 4.14. The summed E-state index contributed by atoms with van der Waals surface area (Å²) in [5.74, 6) is -0.755. The molecule has 5 heteroatoms. The first-order chi connectivity index (χ1) is 7.78. The molecule has 0 saturated carbocycles. The third kappa shape index (κ3) is 2.97. The molecule has 0 aromatic carbocycles. The Labute approximate surface area is 101 Å². The highest BCUT2D eigenvalue weighted by Gasteiger charge is 2.53. The van der Waals surface area contributed by atoms with Gasteiger partial charge in [0, 0.05) is 13.8 Å². The van der Waals surface area contributed by atoms with Crippen molar-refractivity contribution < 1.29 is 23.8 Å². The number of ether oxygens (including phenoxy) is 3. The van der Waals surface area contributed by atoms with Crippen LogP contribution < -0.4 is 0 Å². The van der Waals surface area contributed by atoms with Gasteiger partial charge in [-0.2, -0.15) is 0 Å². The lowest BCUT2D eigenvalue weighted by Crippen LogP contribution is -2.40. The zero-order valence-electron chi connectivity index (χ0n) is 11.0. The minimum Gasteiger partial charge on any atom is -0.459 e. The summed E-state index contributed by atoms with van der Waals surface area (Å²) < 4.78 is 16.0. The van der Waals surface area contributed by atoms with Gasteiger partial charge in [-0.3, -0.25) is 9.59 Å². The molecular weight excluding hydrogens is 224 g/mol. The van der Waals surface area contributed by atoms with E-state index in [0.29, 0.717) is 6.42 Å². The number of esters is 2. The fourth-order valence-corrected chi connectivity index (χ4v) is 2.07. The van der Waals surface area contributed by atoms with Crippen LogP contribution in [0.3, 0.4) is 0 Å². The molecule has 1 rings (SSSR count). The van der Waals surface area contributed by atoms with E-state index in [1.54, 1.807) is 0 Å². The van der Waals surface area contributed by atoms with Gasteiger partial charge in [0.2, 0.25) is 6.29 Å². The Morgan fingerprint density at radius 2 is 1.71 bits per heavy atom. The maximum atomic E-state index is 11.1. The van der Waals surface area contributed by atoms with Crippen molar-refractivity contribution in [2.45, 2.75) is 59.5 Å². The van der Waals surface area contributed by atoms with Crippen LogP contribution in [0.15, 0.2) is 0 Å². The highest BCUT2D eigenvalue weighted by molar-refractivity contribution is 5.67. The van der Waals surface area contributed by atoms with Crippen molar-refractivity contribution in [1.29, 1.82) is 0 Å². The van der Waals surface area contributed by atoms with Gasteiger partial charge in [0.25, 0.3) is 0 Å². The van der Waals surface area contributed by atoms with Gasteiger partial charge in [-0.1, -0.05) is 20.8 Å². The summed E-state index contributed by atoms with van der Waals surface area (Å²) in [6.07, 6.45) is -0.610. The SMILES string of the molecule is CC[C@H]1OC(OC(C)=O)C(C)(C)[C@@H]1OC(C)=O. The molecule has 0 radical (unpaired) electrons. The van der Waals surface area contributed by atoms with Crippen LogP contribution in [0.25, 0.3) is 0 Å². The third-order valence-electron chi connectivity index (χ3n) is 2.95. The highest BCUT2D eigenvalue weighted by atomic mass is 16.7. The standard InChI is InChI=1S/C12H20O5/c1-6-9-10(15-7(2)13)12(4,5)11(17-9)16-8(3)14/h9-11H,6H2,1-5H3/t9-,10-,11?/m1/s1. The molecule has 0 aliphatic carbocycles. The molecule has 0 aromatic rings. The minimum absolute atomic E-state index is 0.238. The molecule has 98 valence electrons. The van der Waals surface area contributed by atoms with Crippen LogP contribution >= 0.6 is 0 Å². The first kappa shape index (κ1) is 14.0. The van der Waals surface area contributed by atoms with Crippen molar-refractivity contribution >= 4 is 11.9 Å². The largest absolute Gasteiger partial charge is 0.459 e. The molecule has 0 bridgehead atoms. The summed E-state index contributed by atoms with van der Waals surface area (Å²) in [6, 6.07) is 0. The van der Waals surface area contributed by atoms with E-state index in [1.807, 2.05) is 20.8 Å². The van der Waals surface area contributed by atoms with Gasteiger partial charge in [-0.05, 0) is 6.42 Å². The van der Waals surface area contributed by atoms with Crippen LogP contribution in [0.5, 0.6) is 0 Å². The summed E-state index contributed by atoms with van der Waals surface area (Å²) in [4.78, 5) is 22.1. The van der Waals surface area contributed by atoms with Crippen molar-refractivity contribution in [2.75, 3.05) is 0 Å². The lowest BCUT2D eigenvalue weighted by molar-refractivity contribution is -0.187. The van der Waals surface area contributed by atoms with E-state index in [0.717, 1.165) is 0 Å². The van der Waals surface area contributed by atoms with Crippen LogP contribution in [0.4, 0.5) is 0 Å². The van der Waals surface area contributed by atoms with Gasteiger partial charge < -0.3 is 14.2 Å². The Hall–Kier alpha value is -1.10. The first-order valence-corrected chi connectivity index (χ1v) is 5.79. The van der Waals surface area contributed by atoms with Crippen LogP contribution in [0.1, 0.15) is 41.0 Å². The Balaban J connectivity index is 2.87. The predicted molar refractivity (Wildman–Crippen MR) is 60.1 cm³/mol. The third-order valence-corrected chi connectivity index (χ3v) is 2.95. The average Bonchev–Trinajstić information content (AvgIpc) is 2.40. The van der Waals surface area contributed by atoms with E-state index in [1.165, 1.54) is 13.8 Å². The molecule has 5 nitrogen and oxygen atoms in total. The number of carbonyl (C=O) groups is 2. The second kappa shape index (κ2) is 5.04. The van der Waals surface area contributed by atoms with Crippen molar-refractivity contribution in [3.63, 3.8) is 0 Å². The van der Waals surface area contributed by atoms with Gasteiger partial charge in [-0.15, -0.1) is 0 Å². The second-order valence-electron chi connectivity index (χ2n) is 4.88. The Bertz CT molecular complexity index is 310. The molecule has 3 atom stereocenters. The summed E-state index contributed by atoms with van der Waals surface area (Å²) in [7, 11) is 0. The monoisotopic (exact) mass is 244 g/mol. The second-order valence-corrected chi connectivity index (χ2v) is 4.88. The van der Waals surface area contributed by atoms with E-state index < -0.39 is 23.8 Å². The molecule has 0 aromatic heterocycles. The molecular formula is C12H20O5. The summed E-state index contributed by atoms with van der Waals surface area (Å²) in [5, 5.41) is 0. The van der Waals surface area contributed by atoms with E-state index in [2.05, 4.69) is 0 Å². The van der Waals surface area contributed by atoms with Gasteiger partial charge in [0.1, 0.15) is 6.10 Å². The molecule has 0 amide bonds. The summed E-state index contributed by atoms with van der Waals surface area (Å²) in [6.45, 7) is 8.36. The molecule has 1 saturated heterocycles. The van der Waals surface area contributed by atoms with Crippen LogP contribution in [-0.2, 0) is 23.8 Å². The van der Waals surface area contributed by atoms with Crippen molar-refractivity contribution in [1.82, 2.24) is 0 Å². The van der Waals surface area contributed by atoms with E-state index >= 15 is 0 Å². The molecule has 0 spiro atoms. The van der Waals surface area contributed by atoms with Crippen LogP contribution in [0.2, 0.25) is 0 Å². The van der Waals surface area contributed by atoms with Crippen LogP contribution in [0, 0.1) is 5.41 Å².